The lowest BCUT2D eigenvalue weighted by atomic mass is 10.1. The molecule has 0 saturated heterocycles. The SMILES string of the molecule is Cc1cc(OCC(O)C[N+](C)(C)C)cc2c(=O)c3ccccc3sc12. The molecule has 1 unspecified atom stereocenters. The first-order valence-corrected chi connectivity index (χ1v) is 9.14. The molecule has 2 aromatic carbocycles. The van der Waals surface area contributed by atoms with Gasteiger partial charge in [-0.05, 0) is 36.8 Å². The molecule has 1 N–H and O–H groups in total. The van der Waals surface area contributed by atoms with Gasteiger partial charge >= 0.3 is 0 Å². The van der Waals surface area contributed by atoms with Gasteiger partial charge in [0.1, 0.15) is 25.0 Å². The lowest BCUT2D eigenvalue weighted by Gasteiger charge is -2.26. The van der Waals surface area contributed by atoms with Gasteiger partial charge in [0.05, 0.1) is 21.1 Å². The predicted molar refractivity (Wildman–Crippen MR) is 105 cm³/mol. The van der Waals surface area contributed by atoms with E-state index in [9.17, 15) is 9.90 Å². The normalized spacial score (nSPS) is 13.3. The Kier molecular flexibility index (Phi) is 4.82. The maximum atomic E-state index is 12.8. The van der Waals surface area contributed by atoms with Gasteiger partial charge in [0.2, 0.25) is 0 Å². The average molecular weight is 358 g/mol. The van der Waals surface area contributed by atoms with Crippen LogP contribution in [0.2, 0.25) is 0 Å². The fourth-order valence-corrected chi connectivity index (χ4v) is 4.12. The summed E-state index contributed by atoms with van der Waals surface area (Å²) in [6.07, 6.45) is -0.554. The number of hydrogen-bond acceptors (Lipinski definition) is 4. The van der Waals surface area contributed by atoms with Crippen LogP contribution in [0.5, 0.6) is 5.75 Å². The minimum absolute atomic E-state index is 0.0322. The molecule has 0 amide bonds. The van der Waals surface area contributed by atoms with Crippen LogP contribution in [0.3, 0.4) is 0 Å². The number of fused-ring (bicyclic) bond motifs is 2. The number of aryl methyl sites for hydroxylation is 1. The predicted octanol–water partition coefficient (Wildman–Crippen LogP) is 3.17. The number of rotatable bonds is 5. The number of aliphatic hydroxyl groups excluding tert-OH is 1. The van der Waals surface area contributed by atoms with Crippen molar-refractivity contribution in [1.82, 2.24) is 0 Å². The molecule has 0 aliphatic rings. The van der Waals surface area contributed by atoms with Gasteiger partial charge in [0.25, 0.3) is 0 Å². The molecular weight excluding hydrogens is 334 g/mol. The fourth-order valence-electron chi connectivity index (χ4n) is 3.00. The first kappa shape index (κ1) is 17.9. The Bertz CT molecular complexity index is 972. The molecule has 1 atom stereocenters. The summed E-state index contributed by atoms with van der Waals surface area (Å²) in [4.78, 5) is 12.8. The maximum absolute atomic E-state index is 12.8. The lowest BCUT2D eigenvalue weighted by molar-refractivity contribution is -0.873. The highest BCUT2D eigenvalue weighted by Gasteiger charge is 2.16. The maximum Gasteiger partial charge on any atom is 0.196 e. The summed E-state index contributed by atoms with van der Waals surface area (Å²) in [6, 6.07) is 11.4. The summed E-state index contributed by atoms with van der Waals surface area (Å²) in [7, 11) is 6.08. The molecule has 3 rings (SSSR count). The van der Waals surface area contributed by atoms with Crippen LogP contribution in [0.4, 0.5) is 0 Å². The number of aliphatic hydroxyl groups is 1. The molecule has 0 fully saturated rings. The Balaban J connectivity index is 1.95. The second-order valence-electron chi connectivity index (χ2n) is 7.48. The molecule has 0 saturated carbocycles. The summed E-state index contributed by atoms with van der Waals surface area (Å²) in [5.74, 6) is 0.630. The van der Waals surface area contributed by atoms with Crippen LogP contribution in [0.25, 0.3) is 20.2 Å². The Hall–Kier alpha value is -1.95. The minimum Gasteiger partial charge on any atom is -0.491 e. The zero-order valence-corrected chi connectivity index (χ0v) is 15.9. The first-order valence-electron chi connectivity index (χ1n) is 8.32. The second kappa shape index (κ2) is 6.75. The van der Waals surface area contributed by atoms with Crippen molar-refractivity contribution in [2.45, 2.75) is 13.0 Å². The number of ether oxygens (including phenoxy) is 1. The number of benzene rings is 2. The van der Waals surface area contributed by atoms with E-state index in [0.29, 0.717) is 22.2 Å². The molecule has 3 aromatic rings. The van der Waals surface area contributed by atoms with Crippen LogP contribution in [0, 0.1) is 6.92 Å². The zero-order chi connectivity index (χ0) is 18.2. The van der Waals surface area contributed by atoms with Crippen LogP contribution in [-0.4, -0.2) is 50.0 Å². The van der Waals surface area contributed by atoms with E-state index in [4.69, 9.17) is 4.74 Å². The van der Waals surface area contributed by atoms with Crippen molar-refractivity contribution in [3.63, 3.8) is 0 Å². The van der Waals surface area contributed by atoms with Crippen LogP contribution >= 0.6 is 11.3 Å². The van der Waals surface area contributed by atoms with Crippen LogP contribution in [-0.2, 0) is 0 Å². The van der Waals surface area contributed by atoms with Gasteiger partial charge < -0.3 is 14.3 Å². The highest BCUT2D eigenvalue weighted by Crippen LogP contribution is 2.30. The average Bonchev–Trinajstić information content (AvgIpc) is 2.53. The van der Waals surface area contributed by atoms with Gasteiger partial charge in [-0.15, -0.1) is 11.3 Å². The zero-order valence-electron chi connectivity index (χ0n) is 15.1. The molecular formula is C20H24NO3S+. The molecule has 4 nitrogen and oxygen atoms in total. The Labute approximate surface area is 151 Å². The summed E-state index contributed by atoms with van der Waals surface area (Å²) in [5.41, 5.74) is 1.05. The second-order valence-corrected chi connectivity index (χ2v) is 8.53. The fraction of sp³-hybridized carbons (Fsp3) is 0.350. The van der Waals surface area contributed by atoms with Crippen molar-refractivity contribution in [2.75, 3.05) is 34.3 Å². The molecule has 0 radical (unpaired) electrons. The summed E-state index contributed by atoms with van der Waals surface area (Å²) in [5, 5.41) is 11.5. The minimum atomic E-state index is -0.554. The summed E-state index contributed by atoms with van der Waals surface area (Å²) in [6.45, 7) is 2.81. The highest BCUT2D eigenvalue weighted by molar-refractivity contribution is 7.24. The van der Waals surface area contributed by atoms with Gasteiger partial charge in [0, 0.05) is 20.2 Å². The number of likely N-dealkylation sites (N-methyl/N-ethyl adjacent to an activating group) is 1. The third-order valence-electron chi connectivity index (χ3n) is 4.04. The Morgan fingerprint density at radius 3 is 2.60 bits per heavy atom. The molecule has 0 aliphatic heterocycles. The van der Waals surface area contributed by atoms with Crippen LogP contribution in [0.15, 0.2) is 41.2 Å². The first-order chi connectivity index (χ1) is 11.7. The van der Waals surface area contributed by atoms with E-state index >= 15 is 0 Å². The molecule has 5 heteroatoms. The smallest absolute Gasteiger partial charge is 0.196 e. The molecule has 0 spiro atoms. The van der Waals surface area contributed by atoms with Crippen molar-refractivity contribution in [3.8, 4) is 5.75 Å². The topological polar surface area (TPSA) is 46.5 Å². The van der Waals surface area contributed by atoms with Crippen molar-refractivity contribution in [2.24, 2.45) is 0 Å². The van der Waals surface area contributed by atoms with E-state index < -0.39 is 6.10 Å². The van der Waals surface area contributed by atoms with Crippen LogP contribution < -0.4 is 10.2 Å². The summed E-state index contributed by atoms with van der Waals surface area (Å²) >= 11 is 1.63. The van der Waals surface area contributed by atoms with Crippen LogP contribution in [0.1, 0.15) is 5.56 Å². The molecule has 132 valence electrons. The number of quaternary nitrogens is 1. The molecule has 1 aromatic heterocycles. The Morgan fingerprint density at radius 2 is 1.88 bits per heavy atom. The van der Waals surface area contributed by atoms with Crippen molar-refractivity contribution in [1.29, 1.82) is 0 Å². The quantitative estimate of drug-likeness (QED) is 0.563. The van der Waals surface area contributed by atoms with Gasteiger partial charge in [-0.25, -0.2) is 0 Å². The van der Waals surface area contributed by atoms with E-state index in [-0.39, 0.29) is 12.0 Å². The highest BCUT2D eigenvalue weighted by atomic mass is 32.1. The Morgan fingerprint density at radius 1 is 1.16 bits per heavy atom. The van der Waals surface area contributed by atoms with E-state index in [1.807, 2.05) is 58.4 Å². The molecule has 1 heterocycles. The van der Waals surface area contributed by atoms with Gasteiger partial charge in [-0.2, -0.15) is 0 Å². The largest absolute Gasteiger partial charge is 0.491 e. The number of nitrogens with zero attached hydrogens (tertiary/aromatic N) is 1. The van der Waals surface area contributed by atoms with Gasteiger partial charge in [-0.1, -0.05) is 12.1 Å². The van der Waals surface area contributed by atoms with E-state index in [0.717, 1.165) is 20.3 Å². The molecule has 0 bridgehead atoms. The third kappa shape index (κ3) is 4.00. The monoisotopic (exact) mass is 358 g/mol. The standard InChI is InChI=1S/C20H24NO3S/c1-13-9-15(24-12-14(22)11-21(2,3)4)10-17-19(23)16-7-5-6-8-18(16)25-20(13)17/h5-10,14,22H,11-12H2,1-4H3/q+1. The summed E-state index contributed by atoms with van der Waals surface area (Å²) < 4.78 is 8.43. The third-order valence-corrected chi connectivity index (χ3v) is 5.36. The van der Waals surface area contributed by atoms with Gasteiger partial charge in [0.15, 0.2) is 5.43 Å². The molecule has 0 aliphatic carbocycles. The van der Waals surface area contributed by atoms with Gasteiger partial charge in [-0.3, -0.25) is 4.79 Å². The van der Waals surface area contributed by atoms with E-state index in [1.165, 1.54) is 0 Å². The number of hydrogen-bond donors (Lipinski definition) is 1. The van der Waals surface area contributed by atoms with Crippen molar-refractivity contribution >= 4 is 31.5 Å². The van der Waals surface area contributed by atoms with E-state index in [1.54, 1.807) is 17.4 Å². The van der Waals surface area contributed by atoms with Crippen molar-refractivity contribution < 1.29 is 14.3 Å². The van der Waals surface area contributed by atoms with Crippen molar-refractivity contribution in [3.05, 3.63) is 52.2 Å². The molecule has 25 heavy (non-hydrogen) atoms. The lowest BCUT2D eigenvalue weighted by Crippen LogP contribution is -2.43. The van der Waals surface area contributed by atoms with E-state index in [2.05, 4.69) is 0 Å².